The predicted molar refractivity (Wildman–Crippen MR) is 73.0 cm³/mol. The van der Waals surface area contributed by atoms with Crippen LogP contribution in [0.4, 0.5) is 8.78 Å². The van der Waals surface area contributed by atoms with Gasteiger partial charge in [-0.25, -0.2) is 8.78 Å². The van der Waals surface area contributed by atoms with Crippen molar-refractivity contribution in [1.29, 1.82) is 0 Å². The molecule has 0 spiro atoms. The fraction of sp³-hybridized carbons (Fsp3) is 0.533. The minimum Gasteiger partial charge on any atom is -0.355 e. The Morgan fingerprint density at radius 1 is 1.30 bits per heavy atom. The normalized spacial score (nSPS) is 17.1. The average Bonchev–Trinajstić information content (AvgIpc) is 2.89. The summed E-state index contributed by atoms with van der Waals surface area (Å²) >= 11 is 0. The zero-order chi connectivity index (χ0) is 14.6. The van der Waals surface area contributed by atoms with Crippen LogP contribution in [0, 0.1) is 17.0 Å². The summed E-state index contributed by atoms with van der Waals surface area (Å²) in [6.07, 6.45) is 4.25. The SMILES string of the molecule is NCC1(CNC(=O)Cc2ccc(F)cc2F)CCCC1. The highest BCUT2D eigenvalue weighted by Crippen LogP contribution is 2.36. The Bertz CT molecular complexity index is 485. The molecule has 0 aliphatic heterocycles. The lowest BCUT2D eigenvalue weighted by molar-refractivity contribution is -0.121. The Kier molecular flexibility index (Phi) is 4.70. The maximum atomic E-state index is 13.5. The molecule has 1 aliphatic rings. The molecule has 0 bridgehead atoms. The summed E-state index contributed by atoms with van der Waals surface area (Å²) < 4.78 is 26.2. The molecule has 0 saturated heterocycles. The highest BCUT2D eigenvalue weighted by atomic mass is 19.1. The molecule has 0 unspecified atom stereocenters. The van der Waals surface area contributed by atoms with E-state index in [0.29, 0.717) is 13.1 Å². The monoisotopic (exact) mass is 282 g/mol. The van der Waals surface area contributed by atoms with Crippen molar-refractivity contribution in [2.75, 3.05) is 13.1 Å². The van der Waals surface area contributed by atoms with Crippen molar-refractivity contribution in [3.8, 4) is 0 Å². The number of carbonyl (C=O) groups is 1. The van der Waals surface area contributed by atoms with Gasteiger partial charge < -0.3 is 11.1 Å². The van der Waals surface area contributed by atoms with E-state index in [1.165, 1.54) is 6.07 Å². The predicted octanol–water partition coefficient (Wildman–Crippen LogP) is 2.14. The maximum Gasteiger partial charge on any atom is 0.224 e. The molecule has 1 aromatic rings. The average molecular weight is 282 g/mol. The zero-order valence-corrected chi connectivity index (χ0v) is 11.4. The Balaban J connectivity index is 1.89. The Hall–Kier alpha value is -1.49. The van der Waals surface area contributed by atoms with Crippen LogP contribution < -0.4 is 11.1 Å². The van der Waals surface area contributed by atoms with Crippen molar-refractivity contribution < 1.29 is 13.6 Å². The lowest BCUT2D eigenvalue weighted by Gasteiger charge is -2.27. The highest BCUT2D eigenvalue weighted by Gasteiger charge is 2.32. The summed E-state index contributed by atoms with van der Waals surface area (Å²) in [6, 6.07) is 3.25. The summed E-state index contributed by atoms with van der Waals surface area (Å²) in [5, 5.41) is 2.83. The van der Waals surface area contributed by atoms with Gasteiger partial charge in [0.05, 0.1) is 6.42 Å². The summed E-state index contributed by atoms with van der Waals surface area (Å²) in [5.41, 5.74) is 6.00. The van der Waals surface area contributed by atoms with E-state index in [2.05, 4.69) is 5.32 Å². The van der Waals surface area contributed by atoms with Crippen molar-refractivity contribution in [3.05, 3.63) is 35.4 Å². The van der Waals surface area contributed by atoms with E-state index >= 15 is 0 Å². The van der Waals surface area contributed by atoms with E-state index in [1.807, 2.05) is 0 Å². The number of nitrogens with two attached hydrogens (primary N) is 1. The van der Waals surface area contributed by atoms with Crippen LogP contribution in [0.5, 0.6) is 0 Å². The lowest BCUT2D eigenvalue weighted by Crippen LogP contribution is -2.41. The first-order chi connectivity index (χ1) is 9.54. The fourth-order valence-corrected chi connectivity index (χ4v) is 2.76. The first kappa shape index (κ1) is 14.9. The van der Waals surface area contributed by atoms with Crippen molar-refractivity contribution >= 4 is 5.91 Å². The molecule has 20 heavy (non-hydrogen) atoms. The summed E-state index contributed by atoms with van der Waals surface area (Å²) in [7, 11) is 0. The lowest BCUT2D eigenvalue weighted by atomic mass is 9.86. The van der Waals surface area contributed by atoms with Crippen LogP contribution in [0.1, 0.15) is 31.2 Å². The zero-order valence-electron chi connectivity index (χ0n) is 11.4. The number of halogens is 2. The van der Waals surface area contributed by atoms with Gasteiger partial charge in [0.1, 0.15) is 11.6 Å². The van der Waals surface area contributed by atoms with Crippen LogP contribution in [0.25, 0.3) is 0 Å². The Morgan fingerprint density at radius 2 is 2.00 bits per heavy atom. The van der Waals surface area contributed by atoms with Crippen LogP contribution in [-0.2, 0) is 11.2 Å². The third kappa shape index (κ3) is 3.54. The quantitative estimate of drug-likeness (QED) is 0.869. The van der Waals surface area contributed by atoms with Gasteiger partial charge >= 0.3 is 0 Å². The molecule has 1 amide bonds. The van der Waals surface area contributed by atoms with E-state index in [1.54, 1.807) is 0 Å². The summed E-state index contributed by atoms with van der Waals surface area (Å²) in [6.45, 7) is 1.09. The summed E-state index contributed by atoms with van der Waals surface area (Å²) in [4.78, 5) is 11.9. The fourth-order valence-electron chi connectivity index (χ4n) is 2.76. The first-order valence-corrected chi connectivity index (χ1v) is 6.95. The van der Waals surface area contributed by atoms with E-state index in [0.717, 1.165) is 37.8 Å². The van der Waals surface area contributed by atoms with Gasteiger partial charge in [-0.05, 0) is 36.4 Å². The number of hydrogen-bond acceptors (Lipinski definition) is 2. The van der Waals surface area contributed by atoms with Gasteiger partial charge in [-0.1, -0.05) is 18.9 Å². The van der Waals surface area contributed by atoms with Gasteiger partial charge in [0.25, 0.3) is 0 Å². The highest BCUT2D eigenvalue weighted by molar-refractivity contribution is 5.78. The smallest absolute Gasteiger partial charge is 0.224 e. The standard InChI is InChI=1S/C15H20F2N2O/c16-12-4-3-11(13(17)8-12)7-14(20)19-10-15(9-18)5-1-2-6-15/h3-4,8H,1-2,5-7,9-10,18H2,(H,19,20). The van der Waals surface area contributed by atoms with Gasteiger partial charge in [-0.15, -0.1) is 0 Å². The molecular weight excluding hydrogens is 262 g/mol. The molecule has 0 radical (unpaired) electrons. The molecule has 2 rings (SSSR count). The molecule has 110 valence electrons. The number of rotatable bonds is 5. The van der Waals surface area contributed by atoms with Crippen LogP contribution in [0.2, 0.25) is 0 Å². The van der Waals surface area contributed by atoms with Crippen molar-refractivity contribution in [3.63, 3.8) is 0 Å². The second kappa shape index (κ2) is 6.31. The van der Waals surface area contributed by atoms with Gasteiger partial charge in [0.2, 0.25) is 5.91 Å². The first-order valence-electron chi connectivity index (χ1n) is 6.95. The number of hydrogen-bond donors (Lipinski definition) is 2. The van der Waals surface area contributed by atoms with Crippen molar-refractivity contribution in [2.24, 2.45) is 11.1 Å². The van der Waals surface area contributed by atoms with Crippen LogP contribution in [-0.4, -0.2) is 19.0 Å². The number of carbonyl (C=O) groups excluding carboxylic acids is 1. The largest absolute Gasteiger partial charge is 0.355 e. The molecule has 0 aromatic heterocycles. The summed E-state index contributed by atoms with van der Waals surface area (Å²) in [5.74, 6) is -1.58. The molecule has 3 N–H and O–H groups in total. The van der Waals surface area contributed by atoms with Gasteiger partial charge in [-0.2, -0.15) is 0 Å². The van der Waals surface area contributed by atoms with Gasteiger partial charge in [0, 0.05) is 12.6 Å². The molecule has 3 nitrogen and oxygen atoms in total. The molecule has 0 heterocycles. The minimum absolute atomic E-state index is 0.00298. The van der Waals surface area contributed by atoms with Gasteiger partial charge in [0.15, 0.2) is 0 Å². The van der Waals surface area contributed by atoms with Gasteiger partial charge in [-0.3, -0.25) is 4.79 Å². The maximum absolute atomic E-state index is 13.5. The molecule has 1 saturated carbocycles. The molecule has 1 fully saturated rings. The van der Waals surface area contributed by atoms with E-state index in [4.69, 9.17) is 5.73 Å². The third-order valence-corrected chi connectivity index (χ3v) is 4.12. The number of amides is 1. The molecule has 5 heteroatoms. The molecule has 1 aromatic carbocycles. The van der Waals surface area contributed by atoms with Crippen LogP contribution in [0.3, 0.4) is 0 Å². The van der Waals surface area contributed by atoms with Crippen molar-refractivity contribution in [1.82, 2.24) is 5.32 Å². The van der Waals surface area contributed by atoms with Crippen molar-refractivity contribution in [2.45, 2.75) is 32.1 Å². The van der Waals surface area contributed by atoms with Crippen LogP contribution in [0.15, 0.2) is 18.2 Å². The van der Waals surface area contributed by atoms with E-state index in [-0.39, 0.29) is 23.3 Å². The molecule has 0 atom stereocenters. The second-order valence-electron chi connectivity index (χ2n) is 5.60. The second-order valence-corrected chi connectivity index (χ2v) is 5.60. The van der Waals surface area contributed by atoms with E-state index in [9.17, 15) is 13.6 Å². The number of benzene rings is 1. The third-order valence-electron chi connectivity index (χ3n) is 4.12. The Morgan fingerprint density at radius 3 is 2.60 bits per heavy atom. The Labute approximate surface area is 117 Å². The molecular formula is C15H20F2N2O. The topological polar surface area (TPSA) is 55.1 Å². The number of nitrogens with one attached hydrogen (secondary N) is 1. The van der Waals surface area contributed by atoms with Crippen LogP contribution >= 0.6 is 0 Å². The van der Waals surface area contributed by atoms with E-state index < -0.39 is 11.6 Å². The molecule has 1 aliphatic carbocycles. The minimum atomic E-state index is -0.686.